The van der Waals surface area contributed by atoms with Gasteiger partial charge in [0.2, 0.25) is 0 Å². The van der Waals surface area contributed by atoms with Crippen LogP contribution in [0.2, 0.25) is 0 Å². The number of rotatable bonds is 10. The maximum atomic E-state index is 13.6. The van der Waals surface area contributed by atoms with E-state index in [0.717, 1.165) is 33.4 Å². The Bertz CT molecular complexity index is 1110. The largest absolute Gasteiger partial charge is 0.507 e. The maximum absolute atomic E-state index is 13.6. The van der Waals surface area contributed by atoms with Gasteiger partial charge in [-0.1, -0.05) is 0 Å². The van der Waals surface area contributed by atoms with Gasteiger partial charge >= 0.3 is 0 Å². The first-order valence-corrected chi connectivity index (χ1v) is 13.3. The van der Waals surface area contributed by atoms with Crippen molar-refractivity contribution in [2.75, 3.05) is 69.5 Å². The fourth-order valence-corrected chi connectivity index (χ4v) is 4.92. The lowest BCUT2D eigenvalue weighted by Crippen LogP contribution is -2.32. The molecule has 0 radical (unpaired) electrons. The SMILES string of the molecule is CN(C)Cc1cc(C=C2CNCC(=Cc3cc(CN(C)C)c(O)c(CN(C)C)c3)C2=O)cc(CN(C)C)c1O.Cl.Cl.Cl.Cl.Cl. The van der Waals surface area contributed by atoms with Gasteiger partial charge < -0.3 is 35.1 Å². The molecule has 0 spiro atoms. The van der Waals surface area contributed by atoms with Crippen LogP contribution in [0.3, 0.4) is 0 Å². The van der Waals surface area contributed by atoms with Crippen LogP contribution in [0.1, 0.15) is 33.4 Å². The average Bonchev–Trinajstić information content (AvgIpc) is 2.81. The highest BCUT2D eigenvalue weighted by Crippen LogP contribution is 2.30. The zero-order valence-electron chi connectivity index (χ0n) is 26.8. The Balaban J connectivity index is -0.00000336. The number of carbonyl (C=O) groups is 1. The lowest BCUT2D eigenvalue weighted by atomic mass is 9.93. The molecule has 252 valence electrons. The minimum Gasteiger partial charge on any atom is -0.507 e. The van der Waals surface area contributed by atoms with Crippen molar-refractivity contribution in [1.82, 2.24) is 24.9 Å². The number of nitrogens with zero attached hydrogens (tertiary/aromatic N) is 4. The van der Waals surface area contributed by atoms with Crippen molar-refractivity contribution in [2.24, 2.45) is 0 Å². The van der Waals surface area contributed by atoms with Crippen LogP contribution in [0.25, 0.3) is 12.2 Å². The maximum Gasteiger partial charge on any atom is 0.187 e. The molecule has 0 unspecified atom stereocenters. The second-order valence-electron chi connectivity index (χ2n) is 11.6. The molecule has 0 atom stereocenters. The van der Waals surface area contributed by atoms with E-state index < -0.39 is 0 Å². The number of hydrogen-bond acceptors (Lipinski definition) is 8. The lowest BCUT2D eigenvalue weighted by molar-refractivity contribution is -0.112. The van der Waals surface area contributed by atoms with E-state index in [1.54, 1.807) is 0 Å². The van der Waals surface area contributed by atoms with Crippen molar-refractivity contribution in [3.8, 4) is 11.5 Å². The Kier molecular flexibility index (Phi) is 22.7. The average molecular weight is 718 g/mol. The molecule has 3 rings (SSSR count). The third kappa shape index (κ3) is 13.4. The van der Waals surface area contributed by atoms with E-state index in [0.29, 0.717) is 61.9 Å². The minimum atomic E-state index is 0. The van der Waals surface area contributed by atoms with Crippen LogP contribution in [-0.2, 0) is 31.0 Å². The van der Waals surface area contributed by atoms with E-state index >= 15 is 0 Å². The monoisotopic (exact) mass is 715 g/mol. The van der Waals surface area contributed by atoms with Gasteiger partial charge in [0, 0.05) is 72.7 Å². The number of phenolic OH excluding ortho intramolecular Hbond substituents is 2. The number of hydrogen-bond donors (Lipinski definition) is 3. The molecular formula is C31H50Cl5N5O3. The van der Waals surface area contributed by atoms with E-state index in [4.69, 9.17) is 0 Å². The summed E-state index contributed by atoms with van der Waals surface area (Å²) >= 11 is 0. The van der Waals surface area contributed by atoms with E-state index in [-0.39, 0.29) is 67.8 Å². The summed E-state index contributed by atoms with van der Waals surface area (Å²) in [5, 5.41) is 25.1. The van der Waals surface area contributed by atoms with Crippen LogP contribution in [-0.4, -0.2) is 105 Å². The van der Waals surface area contributed by atoms with Gasteiger partial charge in [-0.2, -0.15) is 0 Å². The molecule has 1 saturated heterocycles. The van der Waals surface area contributed by atoms with E-state index in [2.05, 4.69) is 5.32 Å². The molecular weight excluding hydrogens is 668 g/mol. The molecule has 0 saturated carbocycles. The predicted molar refractivity (Wildman–Crippen MR) is 196 cm³/mol. The number of halogens is 5. The molecule has 2 aromatic carbocycles. The Morgan fingerprint density at radius 2 is 0.818 bits per heavy atom. The first kappa shape index (κ1) is 46.9. The van der Waals surface area contributed by atoms with E-state index in [1.807, 2.05) is 112 Å². The highest BCUT2D eigenvalue weighted by Gasteiger charge is 2.22. The number of carbonyl (C=O) groups excluding carboxylic acids is 1. The van der Waals surface area contributed by atoms with Gasteiger partial charge in [-0.05, 0) is 104 Å². The summed E-state index contributed by atoms with van der Waals surface area (Å²) in [4.78, 5) is 21.7. The highest BCUT2D eigenvalue weighted by molar-refractivity contribution is 6.14. The Hall–Kier alpha value is -1.56. The molecule has 13 heteroatoms. The van der Waals surface area contributed by atoms with Crippen LogP contribution in [0.15, 0.2) is 35.4 Å². The summed E-state index contributed by atoms with van der Waals surface area (Å²) in [6, 6.07) is 7.86. The van der Waals surface area contributed by atoms with Crippen molar-refractivity contribution < 1.29 is 15.0 Å². The molecule has 0 bridgehead atoms. The molecule has 44 heavy (non-hydrogen) atoms. The van der Waals surface area contributed by atoms with Crippen molar-refractivity contribution in [3.63, 3.8) is 0 Å². The topological polar surface area (TPSA) is 82.5 Å². The fourth-order valence-electron chi connectivity index (χ4n) is 4.92. The Labute approximate surface area is 294 Å². The summed E-state index contributed by atoms with van der Waals surface area (Å²) in [5.41, 5.74) is 6.52. The van der Waals surface area contributed by atoms with E-state index in [9.17, 15) is 15.0 Å². The number of benzene rings is 2. The van der Waals surface area contributed by atoms with Gasteiger partial charge in [0.1, 0.15) is 11.5 Å². The van der Waals surface area contributed by atoms with Crippen molar-refractivity contribution >= 4 is 80.0 Å². The highest BCUT2D eigenvalue weighted by atomic mass is 35.5. The quantitative estimate of drug-likeness (QED) is 0.294. The lowest BCUT2D eigenvalue weighted by Gasteiger charge is -2.21. The van der Waals surface area contributed by atoms with Crippen LogP contribution in [0, 0.1) is 0 Å². The molecule has 1 aliphatic heterocycles. The van der Waals surface area contributed by atoms with Gasteiger partial charge in [0.25, 0.3) is 0 Å². The number of phenols is 2. The third-order valence-corrected chi connectivity index (χ3v) is 6.42. The van der Waals surface area contributed by atoms with Gasteiger partial charge in [-0.25, -0.2) is 0 Å². The van der Waals surface area contributed by atoms with Gasteiger partial charge in [0.15, 0.2) is 5.78 Å². The van der Waals surface area contributed by atoms with Crippen LogP contribution in [0.4, 0.5) is 0 Å². The van der Waals surface area contributed by atoms with Crippen molar-refractivity contribution in [3.05, 3.63) is 68.8 Å². The van der Waals surface area contributed by atoms with Crippen molar-refractivity contribution in [1.29, 1.82) is 0 Å². The zero-order chi connectivity index (χ0) is 28.9. The second-order valence-corrected chi connectivity index (χ2v) is 11.6. The molecule has 1 heterocycles. The first-order valence-electron chi connectivity index (χ1n) is 13.3. The van der Waals surface area contributed by atoms with E-state index in [1.165, 1.54) is 0 Å². The molecule has 0 aromatic heterocycles. The molecule has 2 aromatic rings. The normalized spacial score (nSPS) is 14.7. The van der Waals surface area contributed by atoms with Crippen LogP contribution in [0.5, 0.6) is 11.5 Å². The second kappa shape index (κ2) is 21.3. The summed E-state index contributed by atoms with van der Waals surface area (Å²) < 4.78 is 0. The van der Waals surface area contributed by atoms with Gasteiger partial charge in [-0.3, -0.25) is 4.79 Å². The Morgan fingerprint density at radius 1 is 0.568 bits per heavy atom. The number of piperidine rings is 1. The van der Waals surface area contributed by atoms with Gasteiger partial charge in [-0.15, -0.1) is 62.0 Å². The molecule has 0 amide bonds. The fraction of sp³-hybridized carbons (Fsp3) is 0.452. The van der Waals surface area contributed by atoms with Crippen LogP contribution >= 0.6 is 62.0 Å². The number of aromatic hydroxyl groups is 2. The van der Waals surface area contributed by atoms with Gasteiger partial charge in [0.05, 0.1) is 0 Å². The number of nitrogens with one attached hydrogen (secondary N) is 1. The molecule has 1 fully saturated rings. The summed E-state index contributed by atoms with van der Waals surface area (Å²) in [6.07, 6.45) is 3.87. The molecule has 1 aliphatic rings. The van der Waals surface area contributed by atoms with Crippen molar-refractivity contribution in [2.45, 2.75) is 26.2 Å². The van der Waals surface area contributed by atoms with Crippen LogP contribution < -0.4 is 5.32 Å². The smallest absolute Gasteiger partial charge is 0.187 e. The molecule has 3 N–H and O–H groups in total. The molecule has 0 aliphatic carbocycles. The standard InChI is InChI=1S/C31H45N5O3.5ClH/c1-33(2)17-25-11-21(12-26(30(25)38)18-34(3)4)9-23-15-32-16-24(29(23)37)10-22-13-27(19-35(5)6)31(39)28(14-22)20-36(7)8;;;;;/h9-14,32,38-39H,15-20H2,1-8H3;5*1H. The molecule has 8 nitrogen and oxygen atoms in total. The summed E-state index contributed by atoms with van der Waals surface area (Å²) in [6.45, 7) is 3.38. The minimum absolute atomic E-state index is 0. The summed E-state index contributed by atoms with van der Waals surface area (Å²) in [7, 11) is 15.8. The zero-order valence-corrected chi connectivity index (χ0v) is 30.9. The third-order valence-electron chi connectivity index (χ3n) is 6.42. The number of ketones is 1. The number of Topliss-reactive ketones (excluding diaryl/α,β-unsaturated/α-hetero) is 1. The summed E-state index contributed by atoms with van der Waals surface area (Å²) in [5.74, 6) is 0.631. The first-order chi connectivity index (χ1) is 18.3. The predicted octanol–water partition coefficient (Wildman–Crippen LogP) is 5.09. The Morgan fingerprint density at radius 3 is 1.05 bits per heavy atom.